The minimum absolute atomic E-state index is 0.160. The summed E-state index contributed by atoms with van der Waals surface area (Å²) in [5.74, 6) is -0.939. The van der Waals surface area contributed by atoms with Crippen molar-refractivity contribution in [3.8, 4) is 0 Å². The topological polar surface area (TPSA) is 87.3 Å². The zero-order valence-electron chi connectivity index (χ0n) is 15.6. The van der Waals surface area contributed by atoms with E-state index >= 15 is 0 Å². The van der Waals surface area contributed by atoms with Gasteiger partial charge in [0, 0.05) is 18.6 Å². The number of fused-ring (bicyclic) bond motifs is 1. The lowest BCUT2D eigenvalue weighted by Gasteiger charge is -2.13. The quantitative estimate of drug-likeness (QED) is 0.652. The summed E-state index contributed by atoms with van der Waals surface area (Å²) in [6, 6.07) is 9.71. The maximum Gasteiger partial charge on any atom is 0.268 e. The minimum atomic E-state index is -0.406. The maximum atomic E-state index is 12.1. The first-order valence-corrected chi connectivity index (χ1v) is 8.63. The lowest BCUT2D eigenvalue weighted by molar-refractivity contribution is -0.167. The molecule has 2 heterocycles. The van der Waals surface area contributed by atoms with Gasteiger partial charge in [-0.05, 0) is 31.2 Å². The molecule has 2 amide bonds. The van der Waals surface area contributed by atoms with Crippen LogP contribution in [0.15, 0.2) is 42.6 Å². The fraction of sp³-hybridized carbons (Fsp3) is 0.211. The third-order valence-electron chi connectivity index (χ3n) is 3.72. The van der Waals surface area contributed by atoms with E-state index in [4.69, 9.17) is 16.4 Å². The van der Waals surface area contributed by atoms with Crippen molar-refractivity contribution in [1.82, 2.24) is 20.3 Å². The molecular weight excluding hydrogens is 387 g/mol. The molecule has 9 heteroatoms. The summed E-state index contributed by atoms with van der Waals surface area (Å²) in [6.45, 7) is 1.77. The van der Waals surface area contributed by atoms with Crippen molar-refractivity contribution in [3.05, 3.63) is 64.7 Å². The first-order valence-electron chi connectivity index (χ1n) is 8.25. The second-order valence-electron chi connectivity index (χ2n) is 5.83. The van der Waals surface area contributed by atoms with E-state index in [0.29, 0.717) is 16.4 Å². The number of nitrogens with zero attached hydrogens (tertiary/aromatic N) is 2. The van der Waals surface area contributed by atoms with Crippen molar-refractivity contribution in [2.75, 3.05) is 20.7 Å². The van der Waals surface area contributed by atoms with Gasteiger partial charge in [0.05, 0.1) is 18.7 Å². The highest BCUT2D eigenvalue weighted by molar-refractivity contribution is 6.31. The molecule has 3 rings (SSSR count). The summed E-state index contributed by atoms with van der Waals surface area (Å²) in [7, 11) is 2.83. The van der Waals surface area contributed by atoms with Crippen molar-refractivity contribution >= 4 is 34.4 Å². The smallest absolute Gasteiger partial charge is 0.268 e. The third kappa shape index (κ3) is 6.04. The van der Waals surface area contributed by atoms with Gasteiger partial charge in [0.2, 0.25) is 0 Å². The van der Waals surface area contributed by atoms with Gasteiger partial charge in [-0.25, -0.2) is 14.4 Å². The van der Waals surface area contributed by atoms with Gasteiger partial charge < -0.3 is 10.3 Å². The number of hydrogen-bond acceptors (Lipinski definition) is 4. The number of aromatic nitrogens is 2. The van der Waals surface area contributed by atoms with Gasteiger partial charge >= 0.3 is 0 Å². The third-order valence-corrected chi connectivity index (χ3v) is 3.92. The zero-order valence-corrected chi connectivity index (χ0v) is 16.4. The number of benzene rings is 1. The van der Waals surface area contributed by atoms with Crippen LogP contribution < -0.4 is 5.32 Å². The highest BCUT2D eigenvalue weighted by Crippen LogP contribution is 2.17. The molecule has 0 aliphatic rings. The molecule has 0 unspecified atom stereocenters. The van der Waals surface area contributed by atoms with Crippen molar-refractivity contribution in [3.63, 3.8) is 0 Å². The number of carbonyl (C=O) groups excluding carboxylic acids is 2. The molecule has 28 heavy (non-hydrogen) atoms. The molecule has 0 atom stereocenters. The highest BCUT2D eigenvalue weighted by atomic mass is 35.5. The second-order valence-corrected chi connectivity index (χ2v) is 6.26. The van der Waals surface area contributed by atoms with E-state index in [9.17, 15) is 14.0 Å². The molecule has 2 N–H and O–H groups in total. The van der Waals surface area contributed by atoms with Crippen LogP contribution in [0.25, 0.3) is 11.0 Å². The van der Waals surface area contributed by atoms with Crippen LogP contribution >= 0.6 is 11.6 Å². The standard InChI is InChI=1S/C12H13ClN4O3.C7H7F/c1-17(20-2)10(18)6-15-12(19)9-4-7-3-8(13)5-14-11(7)16-9;1-6-2-4-7(8)5-3-6/h3-5H,6H2,1-2H3,(H,14,16)(H,15,19);2-5H,1H3. The molecule has 1 aromatic carbocycles. The normalized spacial score (nSPS) is 10.2. The SMILES string of the molecule is CON(C)C(=O)CNC(=O)c1cc2cc(Cl)cnc2[nH]1.Cc1ccc(F)cc1. The van der Waals surface area contributed by atoms with E-state index < -0.39 is 5.91 Å². The molecule has 7 nitrogen and oxygen atoms in total. The Balaban J connectivity index is 0.000000292. The zero-order chi connectivity index (χ0) is 20.7. The van der Waals surface area contributed by atoms with Gasteiger partial charge in [0.25, 0.3) is 11.8 Å². The molecule has 0 spiro atoms. The fourth-order valence-electron chi connectivity index (χ4n) is 2.11. The van der Waals surface area contributed by atoms with Crippen LogP contribution in [0.3, 0.4) is 0 Å². The number of amides is 2. The largest absolute Gasteiger partial charge is 0.342 e. The number of rotatable bonds is 4. The number of carbonyl (C=O) groups is 2. The lowest BCUT2D eigenvalue weighted by atomic mass is 10.2. The van der Waals surface area contributed by atoms with Crippen molar-refractivity contribution in [2.45, 2.75) is 6.92 Å². The molecule has 0 radical (unpaired) electrons. The first-order chi connectivity index (χ1) is 13.3. The molecule has 0 saturated heterocycles. The van der Waals surface area contributed by atoms with Gasteiger partial charge in [-0.3, -0.25) is 14.4 Å². The van der Waals surface area contributed by atoms with Crippen LogP contribution in [-0.4, -0.2) is 47.5 Å². The van der Waals surface area contributed by atoms with Gasteiger partial charge in [-0.15, -0.1) is 0 Å². The molecule has 3 aromatic rings. The Kier molecular flexibility index (Phi) is 7.48. The van der Waals surface area contributed by atoms with Crippen LogP contribution in [0.1, 0.15) is 16.1 Å². The van der Waals surface area contributed by atoms with Crippen LogP contribution in [0.2, 0.25) is 5.02 Å². The number of pyridine rings is 1. The van der Waals surface area contributed by atoms with Crippen molar-refractivity contribution < 1.29 is 18.8 Å². The molecular formula is C19H20ClFN4O3. The Bertz CT molecular complexity index is 938. The van der Waals surface area contributed by atoms with Crippen LogP contribution in [-0.2, 0) is 9.63 Å². The first kappa shape index (κ1) is 21.3. The van der Waals surface area contributed by atoms with E-state index in [1.807, 2.05) is 6.92 Å². The summed E-state index contributed by atoms with van der Waals surface area (Å²) in [6.07, 6.45) is 1.49. The Labute approximate surface area is 166 Å². The van der Waals surface area contributed by atoms with E-state index in [-0.39, 0.29) is 18.3 Å². The lowest BCUT2D eigenvalue weighted by Crippen LogP contribution is -2.37. The van der Waals surface area contributed by atoms with Gasteiger partial charge in [-0.2, -0.15) is 0 Å². The number of hydroxylamine groups is 2. The molecule has 2 aromatic heterocycles. The second kappa shape index (κ2) is 9.82. The molecule has 0 aliphatic carbocycles. The van der Waals surface area contributed by atoms with Crippen LogP contribution in [0, 0.1) is 12.7 Å². The average Bonchev–Trinajstić information content (AvgIpc) is 3.11. The number of aromatic amines is 1. The molecule has 0 fully saturated rings. The predicted molar refractivity (Wildman–Crippen MR) is 104 cm³/mol. The Hall–Kier alpha value is -2.97. The van der Waals surface area contributed by atoms with Gasteiger partial charge in [-0.1, -0.05) is 29.3 Å². The summed E-state index contributed by atoms with van der Waals surface area (Å²) in [5, 5.41) is 4.73. The molecule has 0 saturated carbocycles. The number of nitrogens with one attached hydrogen (secondary N) is 2. The highest BCUT2D eigenvalue weighted by Gasteiger charge is 2.13. The van der Waals surface area contributed by atoms with E-state index in [1.54, 1.807) is 24.3 Å². The summed E-state index contributed by atoms with van der Waals surface area (Å²) < 4.78 is 12.1. The number of H-pyrrole nitrogens is 1. The number of likely N-dealkylation sites (N-methyl/N-ethyl adjacent to an activating group) is 1. The monoisotopic (exact) mass is 406 g/mol. The minimum Gasteiger partial charge on any atom is -0.342 e. The Morgan fingerprint density at radius 1 is 1.29 bits per heavy atom. The fourth-order valence-corrected chi connectivity index (χ4v) is 2.27. The van der Waals surface area contributed by atoms with E-state index in [2.05, 4.69) is 15.3 Å². The molecule has 148 valence electrons. The Morgan fingerprint density at radius 2 is 1.96 bits per heavy atom. The number of halogens is 2. The van der Waals surface area contributed by atoms with Gasteiger partial charge in [0.15, 0.2) is 0 Å². The Morgan fingerprint density at radius 3 is 2.57 bits per heavy atom. The van der Waals surface area contributed by atoms with E-state index in [0.717, 1.165) is 16.0 Å². The molecule has 0 aliphatic heterocycles. The van der Waals surface area contributed by atoms with Crippen LogP contribution in [0.4, 0.5) is 4.39 Å². The van der Waals surface area contributed by atoms with Gasteiger partial charge in [0.1, 0.15) is 17.2 Å². The van der Waals surface area contributed by atoms with Crippen molar-refractivity contribution in [2.24, 2.45) is 0 Å². The summed E-state index contributed by atoms with van der Waals surface area (Å²) >= 11 is 5.82. The predicted octanol–water partition coefficient (Wildman–Crippen LogP) is 3.10. The van der Waals surface area contributed by atoms with Crippen molar-refractivity contribution in [1.29, 1.82) is 0 Å². The van der Waals surface area contributed by atoms with Crippen LogP contribution in [0.5, 0.6) is 0 Å². The average molecular weight is 407 g/mol. The summed E-state index contributed by atoms with van der Waals surface area (Å²) in [4.78, 5) is 35.0. The maximum absolute atomic E-state index is 12.1. The number of hydrogen-bond donors (Lipinski definition) is 2. The number of aryl methyl sites for hydroxylation is 1. The molecule has 0 bridgehead atoms. The summed E-state index contributed by atoms with van der Waals surface area (Å²) in [5.41, 5.74) is 1.95. The van der Waals surface area contributed by atoms with E-state index in [1.165, 1.54) is 32.5 Å².